The van der Waals surface area contributed by atoms with Gasteiger partial charge in [0.1, 0.15) is 6.04 Å². The van der Waals surface area contributed by atoms with Crippen molar-refractivity contribution >= 4 is 54.6 Å². The first-order valence-corrected chi connectivity index (χ1v) is 10.3. The predicted molar refractivity (Wildman–Crippen MR) is 97.1 cm³/mol. The summed E-state index contributed by atoms with van der Waals surface area (Å²) in [6, 6.07) is 8.57. The number of rotatable bonds is 5. The molecule has 0 aliphatic rings. The van der Waals surface area contributed by atoms with Crippen LogP contribution < -0.4 is 10.6 Å². The van der Waals surface area contributed by atoms with E-state index in [1.165, 1.54) is 23.5 Å². The number of hydrogen-bond acceptors (Lipinski definition) is 5. The smallest absolute Gasteiger partial charge is 0.262 e. The Hall–Kier alpha value is -1.71. The molecule has 9 heteroatoms. The van der Waals surface area contributed by atoms with Crippen LogP contribution in [-0.2, 0) is 14.6 Å². The number of hydrogen-bond donors (Lipinski definition) is 2. The van der Waals surface area contributed by atoms with E-state index >= 15 is 0 Å². The summed E-state index contributed by atoms with van der Waals surface area (Å²) in [5.74, 6) is -0.789. The molecule has 0 fully saturated rings. The number of carbonyl (C=O) groups excluding carboxylic acids is 2. The SMILES string of the molecule is CC(NC(=O)c1ccc(Br)s1)C(=O)Nc1cccc(S(C)(=O)=O)c1. The lowest BCUT2D eigenvalue weighted by molar-refractivity contribution is -0.117. The van der Waals surface area contributed by atoms with Crippen LogP contribution in [0.15, 0.2) is 45.1 Å². The minimum Gasteiger partial charge on any atom is -0.340 e. The molecule has 0 saturated heterocycles. The van der Waals surface area contributed by atoms with Gasteiger partial charge in [-0.15, -0.1) is 11.3 Å². The summed E-state index contributed by atoms with van der Waals surface area (Å²) in [5, 5.41) is 5.19. The first-order chi connectivity index (χ1) is 11.2. The van der Waals surface area contributed by atoms with Gasteiger partial charge in [0.25, 0.3) is 5.91 Å². The summed E-state index contributed by atoms with van der Waals surface area (Å²) in [5.41, 5.74) is 0.350. The lowest BCUT2D eigenvalue weighted by atomic mass is 10.2. The molecule has 1 aromatic heterocycles. The molecule has 0 spiro atoms. The van der Waals surface area contributed by atoms with E-state index in [0.29, 0.717) is 10.6 Å². The van der Waals surface area contributed by atoms with Crippen LogP contribution in [0.5, 0.6) is 0 Å². The molecule has 1 atom stereocenters. The number of sulfone groups is 1. The fourth-order valence-electron chi connectivity index (χ4n) is 1.82. The van der Waals surface area contributed by atoms with Gasteiger partial charge in [-0.25, -0.2) is 8.42 Å². The number of thiophene rings is 1. The fourth-order valence-corrected chi connectivity index (χ4v) is 3.78. The van der Waals surface area contributed by atoms with Crippen LogP contribution in [0.2, 0.25) is 0 Å². The van der Waals surface area contributed by atoms with Crippen LogP contribution in [0, 0.1) is 0 Å². The third-order valence-electron chi connectivity index (χ3n) is 3.07. The Labute approximate surface area is 152 Å². The van der Waals surface area contributed by atoms with E-state index in [2.05, 4.69) is 26.6 Å². The number of carbonyl (C=O) groups is 2. The highest BCUT2D eigenvalue weighted by Gasteiger charge is 2.18. The minimum atomic E-state index is -3.36. The van der Waals surface area contributed by atoms with Crippen LogP contribution in [0.25, 0.3) is 0 Å². The van der Waals surface area contributed by atoms with E-state index in [0.717, 1.165) is 10.0 Å². The van der Waals surface area contributed by atoms with Gasteiger partial charge in [0.15, 0.2) is 9.84 Å². The molecule has 1 heterocycles. The number of halogens is 1. The molecule has 2 rings (SSSR count). The monoisotopic (exact) mass is 430 g/mol. The molecule has 0 radical (unpaired) electrons. The lowest BCUT2D eigenvalue weighted by Gasteiger charge is -2.14. The lowest BCUT2D eigenvalue weighted by Crippen LogP contribution is -2.41. The Bertz CT molecular complexity index is 877. The highest BCUT2D eigenvalue weighted by molar-refractivity contribution is 9.11. The second-order valence-electron chi connectivity index (χ2n) is 5.09. The fraction of sp³-hybridized carbons (Fsp3) is 0.200. The van der Waals surface area contributed by atoms with Gasteiger partial charge in [0.05, 0.1) is 13.6 Å². The molecule has 6 nitrogen and oxygen atoms in total. The molecule has 2 N–H and O–H groups in total. The molecule has 24 heavy (non-hydrogen) atoms. The Kier molecular flexibility index (Phi) is 5.79. The van der Waals surface area contributed by atoms with Crippen LogP contribution in [0.1, 0.15) is 16.6 Å². The third-order valence-corrected chi connectivity index (χ3v) is 5.80. The Balaban J connectivity index is 2.03. The van der Waals surface area contributed by atoms with Gasteiger partial charge < -0.3 is 10.6 Å². The summed E-state index contributed by atoms with van der Waals surface area (Å²) in [4.78, 5) is 24.8. The number of anilines is 1. The minimum absolute atomic E-state index is 0.112. The van der Waals surface area contributed by atoms with Gasteiger partial charge in [0, 0.05) is 11.9 Å². The van der Waals surface area contributed by atoms with Crippen molar-refractivity contribution in [2.45, 2.75) is 17.9 Å². The van der Waals surface area contributed by atoms with E-state index < -0.39 is 21.8 Å². The van der Waals surface area contributed by atoms with Gasteiger partial charge in [-0.3, -0.25) is 9.59 Å². The average Bonchev–Trinajstić information content (AvgIpc) is 2.93. The maximum absolute atomic E-state index is 12.2. The normalized spacial score (nSPS) is 12.5. The number of benzene rings is 1. The Morgan fingerprint density at radius 1 is 1.21 bits per heavy atom. The topological polar surface area (TPSA) is 92.3 Å². The summed E-state index contributed by atoms with van der Waals surface area (Å²) in [7, 11) is -3.36. The van der Waals surface area contributed by atoms with Crippen molar-refractivity contribution < 1.29 is 18.0 Å². The maximum Gasteiger partial charge on any atom is 0.262 e. The first-order valence-electron chi connectivity index (χ1n) is 6.84. The summed E-state index contributed by atoms with van der Waals surface area (Å²) >= 11 is 4.54. The van der Waals surface area contributed by atoms with Crippen LogP contribution in [0.4, 0.5) is 5.69 Å². The molecule has 0 aliphatic carbocycles. The summed E-state index contributed by atoms with van der Waals surface area (Å²) in [6.07, 6.45) is 1.09. The summed E-state index contributed by atoms with van der Waals surface area (Å²) < 4.78 is 23.9. The zero-order valence-corrected chi connectivity index (χ0v) is 16.1. The van der Waals surface area contributed by atoms with E-state index in [9.17, 15) is 18.0 Å². The van der Waals surface area contributed by atoms with E-state index in [-0.39, 0.29) is 10.8 Å². The molecule has 1 aromatic carbocycles. The van der Waals surface area contributed by atoms with Gasteiger partial charge in [-0.05, 0) is 53.2 Å². The molecule has 2 aromatic rings. The molecule has 1 unspecified atom stereocenters. The van der Waals surface area contributed by atoms with Crippen molar-refractivity contribution in [3.05, 3.63) is 45.1 Å². The zero-order chi connectivity index (χ0) is 17.9. The van der Waals surface area contributed by atoms with E-state index in [1.807, 2.05) is 0 Å². The largest absolute Gasteiger partial charge is 0.340 e. The second kappa shape index (κ2) is 7.45. The standard InChI is InChI=1S/C15H15BrN2O4S2/c1-9(17-15(20)12-6-7-13(16)23-12)14(19)18-10-4-3-5-11(8-10)24(2,21)22/h3-9H,1-2H3,(H,17,20)(H,18,19). The molecule has 128 valence electrons. The Morgan fingerprint density at radius 3 is 2.50 bits per heavy atom. The number of amides is 2. The Morgan fingerprint density at radius 2 is 1.92 bits per heavy atom. The van der Waals surface area contributed by atoms with Crippen LogP contribution in [0.3, 0.4) is 0 Å². The first kappa shape index (κ1) is 18.6. The van der Waals surface area contributed by atoms with Crippen molar-refractivity contribution in [2.24, 2.45) is 0 Å². The summed E-state index contributed by atoms with van der Waals surface area (Å²) in [6.45, 7) is 1.55. The highest BCUT2D eigenvalue weighted by Crippen LogP contribution is 2.22. The molecular weight excluding hydrogens is 416 g/mol. The van der Waals surface area contributed by atoms with Crippen molar-refractivity contribution in [1.82, 2.24) is 5.32 Å². The van der Waals surface area contributed by atoms with Gasteiger partial charge in [-0.1, -0.05) is 6.07 Å². The van der Waals surface area contributed by atoms with Crippen molar-refractivity contribution in [2.75, 3.05) is 11.6 Å². The zero-order valence-electron chi connectivity index (χ0n) is 12.9. The van der Waals surface area contributed by atoms with Crippen molar-refractivity contribution in [3.63, 3.8) is 0 Å². The molecule has 0 aliphatic heterocycles. The predicted octanol–water partition coefficient (Wildman–Crippen LogP) is 2.67. The third kappa shape index (κ3) is 4.89. The van der Waals surface area contributed by atoms with E-state index in [1.54, 1.807) is 31.2 Å². The molecular formula is C15H15BrN2O4S2. The second-order valence-corrected chi connectivity index (χ2v) is 9.57. The van der Waals surface area contributed by atoms with Crippen LogP contribution in [-0.4, -0.2) is 32.5 Å². The highest BCUT2D eigenvalue weighted by atomic mass is 79.9. The van der Waals surface area contributed by atoms with Crippen molar-refractivity contribution in [3.8, 4) is 0 Å². The average molecular weight is 431 g/mol. The van der Waals surface area contributed by atoms with Crippen molar-refractivity contribution in [1.29, 1.82) is 0 Å². The molecule has 2 amide bonds. The maximum atomic E-state index is 12.2. The molecule has 0 bridgehead atoms. The van der Waals surface area contributed by atoms with Gasteiger partial charge >= 0.3 is 0 Å². The number of nitrogens with one attached hydrogen (secondary N) is 2. The van der Waals surface area contributed by atoms with Gasteiger partial charge in [0.2, 0.25) is 5.91 Å². The van der Waals surface area contributed by atoms with Gasteiger partial charge in [-0.2, -0.15) is 0 Å². The van der Waals surface area contributed by atoms with Crippen LogP contribution >= 0.6 is 27.3 Å². The molecule has 0 saturated carbocycles. The quantitative estimate of drug-likeness (QED) is 0.762. The van der Waals surface area contributed by atoms with E-state index in [4.69, 9.17) is 0 Å².